The second-order valence-electron chi connectivity index (χ2n) is 5.91. The largest absolute Gasteiger partial charge is 0.511 e. The van der Waals surface area contributed by atoms with Gasteiger partial charge in [-0.05, 0) is 25.0 Å². The number of nitrogens with one attached hydrogen (secondary N) is 1. The molecule has 8 nitrogen and oxygen atoms in total. The van der Waals surface area contributed by atoms with Crippen molar-refractivity contribution in [2.75, 3.05) is 6.54 Å². The van der Waals surface area contributed by atoms with Gasteiger partial charge in [-0.25, -0.2) is 18.1 Å². The Hall–Kier alpha value is -2.18. The summed E-state index contributed by atoms with van der Waals surface area (Å²) in [7, 11) is -5.35. The van der Waals surface area contributed by atoms with Crippen LogP contribution in [0, 0.1) is 0 Å². The Morgan fingerprint density at radius 1 is 1.04 bits per heavy atom. The van der Waals surface area contributed by atoms with Crippen LogP contribution in [-0.2, 0) is 16.6 Å². The minimum Gasteiger partial charge on any atom is -0.283 e. The summed E-state index contributed by atoms with van der Waals surface area (Å²) in [6.07, 6.45) is 2.18. The molecular formula is C15H16ClF3N4O4S. The number of sulfonamides is 1. The lowest BCUT2D eigenvalue weighted by molar-refractivity contribution is -0.0447. The third-order valence-electron chi connectivity index (χ3n) is 4.11. The van der Waals surface area contributed by atoms with Crippen LogP contribution in [0.3, 0.4) is 0 Å². The van der Waals surface area contributed by atoms with Crippen molar-refractivity contribution < 1.29 is 21.6 Å². The molecule has 3 aromatic heterocycles. The number of pyridine rings is 1. The van der Waals surface area contributed by atoms with Crippen LogP contribution in [0.1, 0.15) is 19.3 Å². The van der Waals surface area contributed by atoms with E-state index < -0.39 is 26.7 Å². The normalized spacial score (nSPS) is 12.5. The zero-order valence-electron chi connectivity index (χ0n) is 14.3. The fourth-order valence-electron chi connectivity index (χ4n) is 2.79. The number of hydrogen-bond donors (Lipinski definition) is 1. The lowest BCUT2D eigenvalue weighted by atomic mass is 10.2. The number of unbranched alkanes of at least 4 members (excludes halogenated alkanes) is 2. The Labute approximate surface area is 162 Å². The molecule has 0 radical (unpaired) electrons. The van der Waals surface area contributed by atoms with E-state index in [4.69, 9.17) is 0 Å². The third kappa shape index (κ3) is 3.98. The van der Waals surface area contributed by atoms with E-state index in [0.717, 1.165) is 4.57 Å². The summed E-state index contributed by atoms with van der Waals surface area (Å²) in [5.41, 5.74) is -5.27. The maximum Gasteiger partial charge on any atom is 0.511 e. The molecule has 28 heavy (non-hydrogen) atoms. The van der Waals surface area contributed by atoms with E-state index in [1.165, 1.54) is 15.3 Å². The van der Waals surface area contributed by atoms with E-state index in [9.17, 15) is 31.2 Å². The molecule has 0 bridgehead atoms. The first-order chi connectivity index (χ1) is 12.6. The second-order valence-corrected chi connectivity index (χ2v) is 7.67. The van der Waals surface area contributed by atoms with Crippen molar-refractivity contribution in [3.8, 4) is 0 Å². The highest BCUT2D eigenvalue weighted by Gasteiger charge is 2.45. The molecule has 0 amide bonds. The second kappa shape index (κ2) is 8.05. The van der Waals surface area contributed by atoms with Gasteiger partial charge in [-0.1, -0.05) is 12.5 Å². The molecule has 0 aliphatic carbocycles. The number of imidazole rings is 1. The molecule has 0 spiro atoms. The zero-order chi connectivity index (χ0) is 19.8. The highest BCUT2D eigenvalue weighted by Crippen LogP contribution is 2.21. The van der Waals surface area contributed by atoms with E-state index in [-0.39, 0.29) is 37.4 Å². The van der Waals surface area contributed by atoms with Gasteiger partial charge in [-0.3, -0.25) is 18.6 Å². The molecule has 3 rings (SSSR count). The molecule has 0 aliphatic rings. The van der Waals surface area contributed by atoms with E-state index in [1.54, 1.807) is 18.2 Å². The van der Waals surface area contributed by atoms with Crippen LogP contribution in [0.5, 0.6) is 0 Å². The van der Waals surface area contributed by atoms with Gasteiger partial charge in [0.25, 0.3) is 11.1 Å². The SMILES string of the molecule is Cl.O=c1c2cccc3ncc(c(=O)n1CCCCCNS(=O)(=O)C(F)(F)F)n32. The van der Waals surface area contributed by atoms with Crippen LogP contribution in [0.2, 0.25) is 0 Å². The Bertz CT molecular complexity index is 1190. The molecular weight excluding hydrogens is 425 g/mol. The van der Waals surface area contributed by atoms with Gasteiger partial charge in [-0.2, -0.15) is 13.2 Å². The molecule has 0 fully saturated rings. The molecule has 0 aliphatic heterocycles. The highest BCUT2D eigenvalue weighted by molar-refractivity contribution is 7.90. The smallest absolute Gasteiger partial charge is 0.283 e. The molecule has 154 valence electrons. The quantitative estimate of drug-likeness (QED) is 0.561. The monoisotopic (exact) mass is 440 g/mol. The molecule has 0 atom stereocenters. The number of alkyl halides is 3. The first kappa shape index (κ1) is 22.1. The summed E-state index contributed by atoms with van der Waals surface area (Å²) in [5, 5.41) is 0. The Morgan fingerprint density at radius 3 is 2.39 bits per heavy atom. The van der Waals surface area contributed by atoms with Gasteiger partial charge < -0.3 is 0 Å². The average Bonchev–Trinajstić information content (AvgIpc) is 3.02. The van der Waals surface area contributed by atoms with Crippen LogP contribution in [-0.4, -0.2) is 34.4 Å². The predicted octanol–water partition coefficient (Wildman–Crippen LogP) is 1.48. The minimum absolute atomic E-state index is 0. The van der Waals surface area contributed by atoms with Gasteiger partial charge in [0, 0.05) is 13.1 Å². The first-order valence-electron chi connectivity index (χ1n) is 8.02. The van der Waals surface area contributed by atoms with Crippen LogP contribution in [0.15, 0.2) is 34.0 Å². The van der Waals surface area contributed by atoms with E-state index in [1.807, 2.05) is 0 Å². The van der Waals surface area contributed by atoms with E-state index in [2.05, 4.69) is 4.98 Å². The number of nitrogens with zero attached hydrogens (tertiary/aromatic N) is 3. The summed E-state index contributed by atoms with van der Waals surface area (Å²) in [4.78, 5) is 29.1. The van der Waals surface area contributed by atoms with Crippen LogP contribution in [0.4, 0.5) is 13.2 Å². The fourth-order valence-corrected chi connectivity index (χ4v) is 3.36. The first-order valence-corrected chi connectivity index (χ1v) is 9.50. The maximum atomic E-state index is 12.5. The Morgan fingerprint density at radius 2 is 1.71 bits per heavy atom. The molecule has 1 N–H and O–H groups in total. The minimum atomic E-state index is -5.35. The number of rotatable bonds is 7. The fraction of sp³-hybridized carbons (Fsp3) is 0.400. The van der Waals surface area contributed by atoms with Gasteiger partial charge >= 0.3 is 15.5 Å². The van der Waals surface area contributed by atoms with Crippen molar-refractivity contribution in [1.82, 2.24) is 18.7 Å². The molecule has 3 heterocycles. The standard InChI is InChI=1S/C15H15F3N4O4S.ClH/c16-15(17,18)27(25,26)20-7-2-1-3-8-21-13(23)10-5-4-6-12-19-9-11(14(21)24)22(10)12;/h4-6,9,20H,1-3,7-8H2;1H. The Balaban J connectivity index is 0.00000280. The van der Waals surface area contributed by atoms with Crippen LogP contribution in [0.25, 0.3) is 16.7 Å². The topological polar surface area (TPSA) is 103 Å². The summed E-state index contributed by atoms with van der Waals surface area (Å²) in [6, 6.07) is 4.90. The summed E-state index contributed by atoms with van der Waals surface area (Å²) in [6.45, 7) is -0.304. The van der Waals surface area contributed by atoms with Gasteiger partial charge in [0.2, 0.25) is 0 Å². The molecule has 0 saturated carbocycles. The van der Waals surface area contributed by atoms with Crippen LogP contribution >= 0.6 is 12.4 Å². The van der Waals surface area contributed by atoms with Crippen molar-refractivity contribution in [3.63, 3.8) is 0 Å². The summed E-state index contributed by atoms with van der Waals surface area (Å²) < 4.78 is 62.3. The average molecular weight is 441 g/mol. The van der Waals surface area contributed by atoms with Gasteiger partial charge in [-0.15, -0.1) is 12.4 Å². The van der Waals surface area contributed by atoms with E-state index in [0.29, 0.717) is 24.0 Å². The van der Waals surface area contributed by atoms with Crippen molar-refractivity contribution >= 4 is 39.1 Å². The van der Waals surface area contributed by atoms with Gasteiger partial charge in [0.1, 0.15) is 16.7 Å². The summed E-state index contributed by atoms with van der Waals surface area (Å²) >= 11 is 0. The van der Waals surface area contributed by atoms with Crippen molar-refractivity contribution in [2.24, 2.45) is 0 Å². The van der Waals surface area contributed by atoms with Crippen molar-refractivity contribution in [3.05, 3.63) is 45.1 Å². The third-order valence-corrected chi connectivity index (χ3v) is 5.31. The lowest BCUT2D eigenvalue weighted by Crippen LogP contribution is -2.37. The number of aromatic nitrogens is 3. The van der Waals surface area contributed by atoms with Gasteiger partial charge in [0.15, 0.2) is 0 Å². The van der Waals surface area contributed by atoms with Gasteiger partial charge in [0.05, 0.1) is 6.20 Å². The predicted molar refractivity (Wildman–Crippen MR) is 98.5 cm³/mol. The highest BCUT2D eigenvalue weighted by atomic mass is 35.5. The molecule has 0 unspecified atom stereocenters. The van der Waals surface area contributed by atoms with E-state index >= 15 is 0 Å². The molecule has 0 aromatic carbocycles. The molecule has 3 aromatic rings. The Kier molecular flexibility index (Phi) is 6.36. The number of hydrogen-bond acceptors (Lipinski definition) is 5. The molecule has 0 saturated heterocycles. The van der Waals surface area contributed by atoms with Crippen LogP contribution < -0.4 is 15.8 Å². The maximum absolute atomic E-state index is 12.5. The van der Waals surface area contributed by atoms with Crippen molar-refractivity contribution in [1.29, 1.82) is 0 Å². The lowest BCUT2D eigenvalue weighted by Gasteiger charge is -2.10. The number of halogens is 4. The summed E-state index contributed by atoms with van der Waals surface area (Å²) in [5.74, 6) is 0. The van der Waals surface area contributed by atoms with Crippen molar-refractivity contribution in [2.45, 2.75) is 31.3 Å². The zero-order valence-corrected chi connectivity index (χ0v) is 15.9. The molecule has 13 heteroatoms.